The molecule has 0 spiro atoms. The van der Waals surface area contributed by atoms with Crippen molar-refractivity contribution in [2.24, 2.45) is 0 Å². The highest BCUT2D eigenvalue weighted by Gasteiger charge is 2.32. The Hall–Kier alpha value is -2.58. The first-order valence-corrected chi connectivity index (χ1v) is 10.2. The summed E-state index contributed by atoms with van der Waals surface area (Å²) in [6.07, 6.45) is 2.33. The van der Waals surface area contributed by atoms with Gasteiger partial charge in [0.1, 0.15) is 0 Å². The van der Waals surface area contributed by atoms with Crippen LogP contribution in [0.1, 0.15) is 48.9 Å². The fraction of sp³-hybridized carbons (Fsp3) is 0.400. The van der Waals surface area contributed by atoms with Crippen LogP contribution in [0.5, 0.6) is 0 Å². The van der Waals surface area contributed by atoms with Gasteiger partial charge in [0.15, 0.2) is 5.82 Å². The van der Waals surface area contributed by atoms with E-state index in [0.717, 1.165) is 24.2 Å². The van der Waals surface area contributed by atoms with Gasteiger partial charge in [0.05, 0.1) is 12.1 Å². The van der Waals surface area contributed by atoms with Gasteiger partial charge in [-0.2, -0.15) is 0 Å². The first kappa shape index (κ1) is 20.2. The number of carboxylic acid groups (broad SMARTS) is 1. The van der Waals surface area contributed by atoms with Crippen molar-refractivity contribution in [3.63, 3.8) is 0 Å². The van der Waals surface area contributed by atoms with Gasteiger partial charge in [-0.3, -0.25) is 10.1 Å². The average molecular weight is 400 g/mol. The number of rotatable bonds is 11. The van der Waals surface area contributed by atoms with Crippen LogP contribution < -0.4 is 5.32 Å². The third-order valence-electron chi connectivity index (χ3n) is 4.75. The molecule has 2 aromatic heterocycles. The molecule has 2 heterocycles. The Labute approximate surface area is 168 Å². The van der Waals surface area contributed by atoms with E-state index < -0.39 is 11.5 Å². The highest BCUT2D eigenvalue weighted by Crippen LogP contribution is 2.27. The number of hydrogen-bond acceptors (Lipinski definition) is 6. The number of nitrogens with zero attached hydrogens (tertiary/aromatic N) is 4. The summed E-state index contributed by atoms with van der Waals surface area (Å²) in [5.41, 5.74) is 0.670. The van der Waals surface area contributed by atoms with Gasteiger partial charge in [0.2, 0.25) is 0 Å². The highest BCUT2D eigenvalue weighted by molar-refractivity contribution is 7.09. The lowest BCUT2D eigenvalue weighted by Crippen LogP contribution is -2.41. The van der Waals surface area contributed by atoms with Crippen molar-refractivity contribution in [1.82, 2.24) is 25.5 Å². The first-order valence-electron chi connectivity index (χ1n) is 9.36. The number of benzene rings is 1. The van der Waals surface area contributed by atoms with E-state index in [-0.39, 0.29) is 6.42 Å². The van der Waals surface area contributed by atoms with Crippen LogP contribution in [0.3, 0.4) is 0 Å². The summed E-state index contributed by atoms with van der Waals surface area (Å²) >= 11 is 1.70. The maximum absolute atomic E-state index is 10.8. The van der Waals surface area contributed by atoms with E-state index in [1.54, 1.807) is 11.3 Å². The highest BCUT2D eigenvalue weighted by atomic mass is 32.1. The monoisotopic (exact) mass is 399 g/mol. The van der Waals surface area contributed by atoms with E-state index in [9.17, 15) is 4.79 Å². The fourth-order valence-electron chi connectivity index (χ4n) is 3.19. The normalized spacial score (nSPS) is 13.3. The van der Waals surface area contributed by atoms with Crippen LogP contribution in [0.25, 0.3) is 0 Å². The Morgan fingerprint density at radius 1 is 1.21 bits per heavy atom. The smallest absolute Gasteiger partial charge is 0.303 e. The maximum atomic E-state index is 10.8. The van der Waals surface area contributed by atoms with E-state index in [1.807, 2.05) is 28.9 Å². The zero-order chi connectivity index (χ0) is 19.8. The fourth-order valence-corrected chi connectivity index (χ4v) is 3.84. The summed E-state index contributed by atoms with van der Waals surface area (Å²) in [5.74, 6) is 0.00499. The number of carboxylic acids is 1. The number of thiophene rings is 1. The third kappa shape index (κ3) is 5.46. The van der Waals surface area contributed by atoms with E-state index in [2.05, 4.69) is 51.3 Å². The molecule has 0 aliphatic heterocycles. The molecule has 0 aliphatic rings. The van der Waals surface area contributed by atoms with Gasteiger partial charge in [-0.15, -0.1) is 16.4 Å². The quantitative estimate of drug-likeness (QED) is 0.480. The summed E-state index contributed by atoms with van der Waals surface area (Å²) in [4.78, 5) is 12.1. The summed E-state index contributed by atoms with van der Waals surface area (Å²) in [6.45, 7) is 3.40. The SMILES string of the molecule is CC(CCCCC(=O)O)(NCc1cccs1)c1nnnn1Cc1ccccc1. The van der Waals surface area contributed by atoms with E-state index in [0.29, 0.717) is 19.5 Å². The zero-order valence-corrected chi connectivity index (χ0v) is 16.7. The summed E-state index contributed by atoms with van der Waals surface area (Å²) in [5, 5.41) is 27.0. The van der Waals surface area contributed by atoms with Crippen molar-refractivity contribution >= 4 is 17.3 Å². The minimum atomic E-state index is -0.762. The van der Waals surface area contributed by atoms with Gasteiger partial charge in [-0.1, -0.05) is 42.8 Å². The molecule has 148 valence electrons. The Morgan fingerprint density at radius 2 is 2.04 bits per heavy atom. The number of nitrogens with one attached hydrogen (secondary N) is 1. The van der Waals surface area contributed by atoms with Crippen LogP contribution in [-0.2, 0) is 23.4 Å². The molecule has 0 radical (unpaired) electrons. The van der Waals surface area contributed by atoms with Gasteiger partial charge in [0, 0.05) is 17.8 Å². The van der Waals surface area contributed by atoms with Crippen LogP contribution >= 0.6 is 11.3 Å². The number of carbonyl (C=O) groups is 1. The van der Waals surface area contributed by atoms with Crippen molar-refractivity contribution in [2.45, 2.75) is 51.2 Å². The van der Waals surface area contributed by atoms with Crippen LogP contribution in [0.2, 0.25) is 0 Å². The van der Waals surface area contributed by atoms with Crippen molar-refractivity contribution in [3.8, 4) is 0 Å². The molecular formula is C20H25N5O2S. The topological polar surface area (TPSA) is 92.9 Å². The molecule has 3 rings (SSSR count). The van der Waals surface area contributed by atoms with Crippen molar-refractivity contribution < 1.29 is 9.90 Å². The standard InChI is InChI=1S/C20H25N5O2S/c1-20(12-6-5-11-18(26)27,21-14-17-10-7-13-28-17)19-22-23-24-25(19)15-16-8-3-2-4-9-16/h2-4,7-10,13,21H,5-6,11-12,14-15H2,1H3,(H,26,27). The number of unbranched alkanes of at least 4 members (excludes halogenated alkanes) is 1. The molecular weight excluding hydrogens is 374 g/mol. The van der Waals surface area contributed by atoms with Crippen molar-refractivity contribution in [1.29, 1.82) is 0 Å². The summed E-state index contributed by atoms with van der Waals surface area (Å²) in [7, 11) is 0. The molecule has 1 aromatic carbocycles. The van der Waals surface area contributed by atoms with Crippen molar-refractivity contribution in [2.75, 3.05) is 0 Å². The molecule has 8 heteroatoms. The predicted molar refractivity (Wildman–Crippen MR) is 108 cm³/mol. The second-order valence-corrected chi connectivity index (χ2v) is 8.04. The molecule has 1 unspecified atom stereocenters. The lowest BCUT2D eigenvalue weighted by Gasteiger charge is -2.30. The van der Waals surface area contributed by atoms with Crippen molar-refractivity contribution in [3.05, 3.63) is 64.1 Å². The largest absolute Gasteiger partial charge is 0.481 e. The average Bonchev–Trinajstić information content (AvgIpc) is 3.37. The molecule has 0 aliphatic carbocycles. The van der Waals surface area contributed by atoms with Gasteiger partial charge >= 0.3 is 5.97 Å². The van der Waals surface area contributed by atoms with Crippen LogP contribution in [-0.4, -0.2) is 31.3 Å². The molecule has 7 nitrogen and oxygen atoms in total. The predicted octanol–water partition coefficient (Wildman–Crippen LogP) is 3.43. The molecule has 0 fully saturated rings. The molecule has 2 N–H and O–H groups in total. The molecule has 0 saturated carbocycles. The second-order valence-electron chi connectivity index (χ2n) is 7.01. The van der Waals surface area contributed by atoms with Gasteiger partial charge in [0.25, 0.3) is 0 Å². The molecule has 0 saturated heterocycles. The van der Waals surface area contributed by atoms with E-state index in [1.165, 1.54) is 4.88 Å². The molecule has 1 atom stereocenters. The number of tetrazole rings is 1. The Bertz CT molecular complexity index is 866. The minimum Gasteiger partial charge on any atom is -0.481 e. The molecule has 0 amide bonds. The maximum Gasteiger partial charge on any atom is 0.303 e. The van der Waals surface area contributed by atoms with Gasteiger partial charge < -0.3 is 5.11 Å². The van der Waals surface area contributed by atoms with E-state index in [4.69, 9.17) is 5.11 Å². The molecule has 3 aromatic rings. The lowest BCUT2D eigenvalue weighted by atomic mass is 9.92. The number of aromatic nitrogens is 4. The van der Waals surface area contributed by atoms with Gasteiger partial charge in [-0.25, -0.2) is 4.68 Å². The second kappa shape index (κ2) is 9.57. The number of hydrogen-bond donors (Lipinski definition) is 2. The first-order chi connectivity index (χ1) is 13.6. The summed E-state index contributed by atoms with van der Waals surface area (Å²) in [6, 6.07) is 14.2. The van der Waals surface area contributed by atoms with Crippen LogP contribution in [0, 0.1) is 0 Å². The van der Waals surface area contributed by atoms with E-state index >= 15 is 0 Å². The Balaban J connectivity index is 1.77. The zero-order valence-electron chi connectivity index (χ0n) is 15.9. The van der Waals surface area contributed by atoms with Gasteiger partial charge in [-0.05, 0) is 47.2 Å². The number of aliphatic carboxylic acids is 1. The molecule has 0 bridgehead atoms. The summed E-state index contributed by atoms with van der Waals surface area (Å²) < 4.78 is 1.83. The lowest BCUT2D eigenvalue weighted by molar-refractivity contribution is -0.137. The van der Waals surface area contributed by atoms with Crippen LogP contribution in [0.15, 0.2) is 47.8 Å². The minimum absolute atomic E-state index is 0.177. The Kier molecular flexibility index (Phi) is 6.89. The van der Waals surface area contributed by atoms with Crippen LogP contribution in [0.4, 0.5) is 0 Å². The Morgan fingerprint density at radius 3 is 2.75 bits per heavy atom. The third-order valence-corrected chi connectivity index (χ3v) is 5.63. The molecule has 28 heavy (non-hydrogen) atoms.